The van der Waals surface area contributed by atoms with Gasteiger partial charge in [-0.1, -0.05) is 0 Å². The molecule has 7 nitrogen and oxygen atoms in total. The van der Waals surface area contributed by atoms with Gasteiger partial charge in [-0.2, -0.15) is 0 Å². The van der Waals surface area contributed by atoms with Gasteiger partial charge in [0.1, 0.15) is 6.10 Å². The molecule has 7 heteroatoms. The van der Waals surface area contributed by atoms with Crippen molar-refractivity contribution in [2.45, 2.75) is 38.4 Å². The molecule has 1 saturated heterocycles. The lowest BCUT2D eigenvalue weighted by molar-refractivity contribution is -0.267. The lowest BCUT2D eigenvalue weighted by Crippen LogP contribution is -2.56. The van der Waals surface area contributed by atoms with Crippen molar-refractivity contribution in [1.82, 2.24) is 0 Å². The van der Waals surface area contributed by atoms with Crippen LogP contribution in [0.3, 0.4) is 0 Å². The topological polar surface area (TPSA) is 91.3 Å². The summed E-state index contributed by atoms with van der Waals surface area (Å²) in [5, 5.41) is 9.55. The summed E-state index contributed by atoms with van der Waals surface area (Å²) in [6.07, 6.45) is -3.79. The summed E-state index contributed by atoms with van der Waals surface area (Å²) in [6.45, 7) is 2.44. The molecule has 0 aromatic heterocycles. The number of carbonyl (C=O) groups excluding carboxylic acids is 2. The van der Waals surface area contributed by atoms with Crippen molar-refractivity contribution in [3.63, 3.8) is 0 Å². The van der Waals surface area contributed by atoms with E-state index in [4.69, 9.17) is 18.9 Å². The molecule has 0 radical (unpaired) electrons. The maximum atomic E-state index is 10.9. The molecule has 0 saturated carbocycles. The van der Waals surface area contributed by atoms with Crippen molar-refractivity contribution < 1.29 is 33.6 Å². The monoisotopic (exact) mass is 248 g/mol. The molecule has 17 heavy (non-hydrogen) atoms. The Morgan fingerprint density at radius 1 is 1.18 bits per heavy atom. The number of ether oxygens (including phenoxy) is 4. The number of aliphatic hydroxyl groups is 1. The summed E-state index contributed by atoms with van der Waals surface area (Å²) in [5.41, 5.74) is 0. The van der Waals surface area contributed by atoms with Gasteiger partial charge in [-0.25, -0.2) is 0 Å². The zero-order chi connectivity index (χ0) is 13.0. The number of hydrogen-bond acceptors (Lipinski definition) is 7. The molecule has 1 N–H and O–H groups in total. The quantitative estimate of drug-likeness (QED) is 0.654. The predicted molar refractivity (Wildman–Crippen MR) is 53.9 cm³/mol. The van der Waals surface area contributed by atoms with Crippen LogP contribution in [0.15, 0.2) is 0 Å². The molecule has 1 heterocycles. The van der Waals surface area contributed by atoms with Gasteiger partial charge < -0.3 is 24.1 Å². The Hall–Kier alpha value is -1.18. The van der Waals surface area contributed by atoms with E-state index in [1.165, 1.54) is 21.0 Å². The molecule has 0 aliphatic carbocycles. The number of hydrogen-bond donors (Lipinski definition) is 1. The Kier molecular flexibility index (Phi) is 4.86. The Balaban J connectivity index is 2.76. The molecule has 98 valence electrons. The number of rotatable bonds is 3. The van der Waals surface area contributed by atoms with Gasteiger partial charge in [0, 0.05) is 21.0 Å². The lowest BCUT2D eigenvalue weighted by Gasteiger charge is -2.38. The number of aliphatic hydroxyl groups excluding tert-OH is 1. The van der Waals surface area contributed by atoms with Crippen LogP contribution < -0.4 is 0 Å². The SMILES string of the molecule is CO[C@@H]1[C@H](OC(C)=O)COC(O)[C@@H]1OC(C)=O. The second-order valence-electron chi connectivity index (χ2n) is 3.65. The highest BCUT2D eigenvalue weighted by Gasteiger charge is 2.44. The van der Waals surface area contributed by atoms with Gasteiger partial charge in [0.2, 0.25) is 0 Å². The Morgan fingerprint density at radius 3 is 2.24 bits per heavy atom. The van der Waals surface area contributed by atoms with Gasteiger partial charge in [-0.15, -0.1) is 0 Å². The predicted octanol–water partition coefficient (Wildman–Crippen LogP) is -0.787. The first-order chi connectivity index (χ1) is 7.95. The van der Waals surface area contributed by atoms with Crippen LogP contribution in [0.2, 0.25) is 0 Å². The minimum atomic E-state index is -1.30. The van der Waals surface area contributed by atoms with E-state index in [0.29, 0.717) is 0 Å². The molecular weight excluding hydrogens is 232 g/mol. The van der Waals surface area contributed by atoms with Gasteiger partial charge in [0.05, 0.1) is 6.61 Å². The van der Waals surface area contributed by atoms with Crippen molar-refractivity contribution in [2.24, 2.45) is 0 Å². The summed E-state index contributed by atoms with van der Waals surface area (Å²) in [7, 11) is 1.37. The standard InChI is InChI=1S/C10H16O7/c1-5(11)16-7-4-15-10(13)9(8(7)14-3)17-6(2)12/h7-10,13H,4H2,1-3H3/t7-,8-,9-,10?/m1/s1. The molecule has 1 rings (SSSR count). The van der Waals surface area contributed by atoms with Crippen molar-refractivity contribution in [3.05, 3.63) is 0 Å². The average Bonchev–Trinajstić information content (AvgIpc) is 2.22. The maximum absolute atomic E-state index is 10.9. The molecule has 1 aliphatic heterocycles. The van der Waals surface area contributed by atoms with Crippen LogP contribution in [0.4, 0.5) is 0 Å². The minimum Gasteiger partial charge on any atom is -0.457 e. The van der Waals surface area contributed by atoms with E-state index in [9.17, 15) is 14.7 Å². The average molecular weight is 248 g/mol. The van der Waals surface area contributed by atoms with Crippen molar-refractivity contribution in [1.29, 1.82) is 0 Å². The second kappa shape index (κ2) is 5.95. The van der Waals surface area contributed by atoms with Gasteiger partial charge >= 0.3 is 11.9 Å². The van der Waals surface area contributed by atoms with E-state index in [2.05, 4.69) is 0 Å². The molecule has 0 aromatic rings. The molecule has 0 aromatic carbocycles. The van der Waals surface area contributed by atoms with Crippen molar-refractivity contribution >= 4 is 11.9 Å². The Morgan fingerprint density at radius 2 is 1.76 bits per heavy atom. The van der Waals surface area contributed by atoms with Crippen LogP contribution in [0, 0.1) is 0 Å². The van der Waals surface area contributed by atoms with E-state index < -0.39 is 36.5 Å². The van der Waals surface area contributed by atoms with Gasteiger partial charge in [0.25, 0.3) is 0 Å². The maximum Gasteiger partial charge on any atom is 0.303 e. The highest BCUT2D eigenvalue weighted by Crippen LogP contribution is 2.22. The highest BCUT2D eigenvalue weighted by atomic mass is 16.7. The van der Waals surface area contributed by atoms with E-state index >= 15 is 0 Å². The summed E-state index contributed by atoms with van der Waals surface area (Å²) in [4.78, 5) is 21.8. The largest absolute Gasteiger partial charge is 0.457 e. The Labute approximate surface area is 98.6 Å². The van der Waals surface area contributed by atoms with Crippen LogP contribution in [0.5, 0.6) is 0 Å². The van der Waals surface area contributed by atoms with E-state index in [1.54, 1.807) is 0 Å². The van der Waals surface area contributed by atoms with Crippen molar-refractivity contribution in [2.75, 3.05) is 13.7 Å². The Bertz CT molecular complexity index is 290. The van der Waals surface area contributed by atoms with Crippen LogP contribution >= 0.6 is 0 Å². The first-order valence-electron chi connectivity index (χ1n) is 5.12. The third-order valence-electron chi connectivity index (χ3n) is 2.29. The fraction of sp³-hybridized carbons (Fsp3) is 0.800. The third kappa shape index (κ3) is 3.65. The zero-order valence-corrected chi connectivity index (χ0v) is 9.91. The third-order valence-corrected chi connectivity index (χ3v) is 2.29. The number of esters is 2. The highest BCUT2D eigenvalue weighted by molar-refractivity contribution is 5.67. The fourth-order valence-corrected chi connectivity index (χ4v) is 1.67. The normalized spacial score (nSPS) is 32.9. The molecule has 0 amide bonds. The van der Waals surface area contributed by atoms with Crippen molar-refractivity contribution in [3.8, 4) is 0 Å². The van der Waals surface area contributed by atoms with E-state index in [0.717, 1.165) is 0 Å². The summed E-state index contributed by atoms with van der Waals surface area (Å²) >= 11 is 0. The molecule has 1 unspecified atom stereocenters. The molecule has 4 atom stereocenters. The van der Waals surface area contributed by atoms with Gasteiger partial charge in [0.15, 0.2) is 18.5 Å². The van der Waals surface area contributed by atoms with Crippen LogP contribution in [-0.2, 0) is 28.5 Å². The summed E-state index contributed by atoms with van der Waals surface area (Å²) in [6, 6.07) is 0. The summed E-state index contributed by atoms with van der Waals surface area (Å²) < 4.78 is 19.9. The van der Waals surface area contributed by atoms with Crippen LogP contribution in [0.1, 0.15) is 13.8 Å². The fourth-order valence-electron chi connectivity index (χ4n) is 1.67. The number of carbonyl (C=O) groups is 2. The lowest BCUT2D eigenvalue weighted by atomic mass is 10.0. The molecule has 1 fully saturated rings. The van der Waals surface area contributed by atoms with Crippen LogP contribution in [0.25, 0.3) is 0 Å². The summed E-state index contributed by atoms with van der Waals surface area (Å²) in [5.74, 6) is -1.08. The van der Waals surface area contributed by atoms with E-state index in [1.807, 2.05) is 0 Å². The molecular formula is C10H16O7. The van der Waals surface area contributed by atoms with Gasteiger partial charge in [-0.05, 0) is 0 Å². The second-order valence-corrected chi connectivity index (χ2v) is 3.65. The minimum absolute atomic E-state index is 0.0168. The van der Waals surface area contributed by atoms with Crippen LogP contribution in [-0.4, -0.2) is 55.4 Å². The molecule has 0 bridgehead atoms. The first-order valence-corrected chi connectivity index (χ1v) is 5.12. The van der Waals surface area contributed by atoms with Gasteiger partial charge in [-0.3, -0.25) is 9.59 Å². The molecule has 1 aliphatic rings. The first kappa shape index (κ1) is 13.9. The smallest absolute Gasteiger partial charge is 0.303 e. The molecule has 0 spiro atoms. The number of methoxy groups -OCH3 is 1. The zero-order valence-electron chi connectivity index (χ0n) is 9.91. The van der Waals surface area contributed by atoms with E-state index in [-0.39, 0.29) is 6.61 Å².